The Labute approximate surface area is 147 Å². The van der Waals surface area contributed by atoms with Crippen LogP contribution < -0.4 is 9.46 Å². The first-order valence-electron chi connectivity index (χ1n) is 7.86. The molecule has 2 N–H and O–H groups in total. The molecular formula is C18H21NO5S. The molecule has 2 aromatic carbocycles. The summed E-state index contributed by atoms with van der Waals surface area (Å²) < 4.78 is 32.7. The summed E-state index contributed by atoms with van der Waals surface area (Å²) in [6, 6.07) is 12.1. The molecular weight excluding hydrogens is 342 g/mol. The Morgan fingerprint density at radius 1 is 1.20 bits per heavy atom. The summed E-state index contributed by atoms with van der Waals surface area (Å²) in [5, 5.41) is 9.37. The zero-order valence-corrected chi connectivity index (χ0v) is 14.9. The lowest BCUT2D eigenvalue weighted by Gasteiger charge is -2.16. The Kier molecular flexibility index (Phi) is 6.17. The molecule has 0 aromatic heterocycles. The van der Waals surface area contributed by atoms with Gasteiger partial charge >= 0.3 is 5.97 Å². The smallest absolute Gasteiger partial charge is 0.322 e. The quantitative estimate of drug-likeness (QED) is 0.751. The lowest BCUT2D eigenvalue weighted by Crippen LogP contribution is -2.42. The highest BCUT2D eigenvalue weighted by Gasteiger charge is 2.26. The molecule has 2 aromatic rings. The Hall–Kier alpha value is -2.38. The maximum Gasteiger partial charge on any atom is 0.322 e. The number of aliphatic carboxylic acids is 1. The second-order valence-corrected chi connectivity index (χ2v) is 7.28. The van der Waals surface area contributed by atoms with Crippen LogP contribution in [0.4, 0.5) is 0 Å². The number of hydrogen-bond donors (Lipinski definition) is 2. The van der Waals surface area contributed by atoms with Gasteiger partial charge in [-0.1, -0.05) is 30.3 Å². The summed E-state index contributed by atoms with van der Waals surface area (Å²) in [5.74, 6) is -0.629. The number of benzene rings is 2. The molecule has 0 amide bonds. The molecule has 0 heterocycles. The second kappa shape index (κ2) is 8.13. The Morgan fingerprint density at radius 2 is 1.88 bits per heavy atom. The lowest BCUT2D eigenvalue weighted by atomic mass is 10.1. The molecule has 0 saturated carbocycles. The summed E-state index contributed by atoms with van der Waals surface area (Å²) in [6.07, 6.45) is 0.0609. The van der Waals surface area contributed by atoms with E-state index >= 15 is 0 Å². The highest BCUT2D eigenvalue weighted by Crippen LogP contribution is 2.22. The molecule has 25 heavy (non-hydrogen) atoms. The van der Waals surface area contributed by atoms with E-state index in [0.29, 0.717) is 17.9 Å². The molecule has 0 bridgehead atoms. The molecule has 0 aliphatic carbocycles. The van der Waals surface area contributed by atoms with E-state index in [2.05, 4.69) is 4.72 Å². The van der Waals surface area contributed by atoms with Gasteiger partial charge in [-0.05, 0) is 49.6 Å². The van der Waals surface area contributed by atoms with Gasteiger partial charge in [0.1, 0.15) is 11.8 Å². The molecule has 0 saturated heterocycles. The van der Waals surface area contributed by atoms with Gasteiger partial charge in [-0.15, -0.1) is 0 Å². The van der Waals surface area contributed by atoms with Crippen molar-refractivity contribution in [3.05, 3.63) is 59.7 Å². The van der Waals surface area contributed by atoms with Gasteiger partial charge in [-0.25, -0.2) is 8.42 Å². The molecule has 7 heteroatoms. The van der Waals surface area contributed by atoms with Crippen LogP contribution in [-0.4, -0.2) is 32.1 Å². The van der Waals surface area contributed by atoms with Crippen molar-refractivity contribution in [2.24, 2.45) is 0 Å². The van der Waals surface area contributed by atoms with Crippen LogP contribution in [0.2, 0.25) is 0 Å². The van der Waals surface area contributed by atoms with Crippen molar-refractivity contribution < 1.29 is 23.1 Å². The Bertz CT molecular complexity index is 834. The van der Waals surface area contributed by atoms with E-state index < -0.39 is 22.0 Å². The van der Waals surface area contributed by atoms with Crippen molar-refractivity contribution in [1.82, 2.24) is 4.72 Å². The average molecular weight is 363 g/mol. The summed E-state index contributed by atoms with van der Waals surface area (Å²) in [7, 11) is -3.97. The van der Waals surface area contributed by atoms with Crippen molar-refractivity contribution in [3.8, 4) is 5.75 Å². The van der Waals surface area contributed by atoms with E-state index in [-0.39, 0.29) is 11.3 Å². The van der Waals surface area contributed by atoms with Gasteiger partial charge in [0.2, 0.25) is 10.0 Å². The average Bonchev–Trinajstić information content (AvgIpc) is 2.57. The zero-order valence-electron chi connectivity index (χ0n) is 14.1. The van der Waals surface area contributed by atoms with Crippen LogP contribution in [0, 0.1) is 6.92 Å². The van der Waals surface area contributed by atoms with Crippen molar-refractivity contribution in [1.29, 1.82) is 0 Å². The molecule has 6 nitrogen and oxygen atoms in total. The first-order chi connectivity index (χ1) is 11.8. The van der Waals surface area contributed by atoms with Gasteiger partial charge < -0.3 is 9.84 Å². The van der Waals surface area contributed by atoms with E-state index in [1.807, 2.05) is 13.0 Å². The van der Waals surface area contributed by atoms with Gasteiger partial charge in [-0.2, -0.15) is 4.72 Å². The largest absolute Gasteiger partial charge is 0.494 e. The minimum absolute atomic E-state index is 0.00719. The SMILES string of the molecule is CCOc1ccc(S(=O)(=O)NC(Cc2ccccc2)C(=O)O)cc1C. The fraction of sp³-hybridized carbons (Fsp3) is 0.278. The van der Waals surface area contributed by atoms with E-state index in [4.69, 9.17) is 4.74 Å². The first-order valence-corrected chi connectivity index (χ1v) is 9.34. The van der Waals surface area contributed by atoms with E-state index in [1.165, 1.54) is 12.1 Å². The number of carboxylic acid groups (broad SMARTS) is 1. The summed E-state index contributed by atoms with van der Waals surface area (Å²) >= 11 is 0. The van der Waals surface area contributed by atoms with Crippen LogP contribution in [0.1, 0.15) is 18.1 Å². The summed E-state index contributed by atoms with van der Waals surface area (Å²) in [6.45, 7) is 4.05. The molecule has 134 valence electrons. The van der Waals surface area contributed by atoms with Gasteiger partial charge in [0, 0.05) is 0 Å². The van der Waals surface area contributed by atoms with Crippen LogP contribution in [0.15, 0.2) is 53.4 Å². The van der Waals surface area contributed by atoms with Crippen molar-refractivity contribution in [2.75, 3.05) is 6.61 Å². The number of ether oxygens (including phenoxy) is 1. The molecule has 0 aliphatic heterocycles. The van der Waals surface area contributed by atoms with Crippen molar-refractivity contribution in [2.45, 2.75) is 31.2 Å². The summed E-state index contributed by atoms with van der Waals surface area (Å²) in [4.78, 5) is 11.5. The molecule has 0 radical (unpaired) electrons. The third-order valence-corrected chi connectivity index (χ3v) is 5.10. The normalized spacial score (nSPS) is 12.6. The number of sulfonamides is 1. The minimum atomic E-state index is -3.97. The zero-order chi connectivity index (χ0) is 18.4. The van der Waals surface area contributed by atoms with Gasteiger partial charge in [0.05, 0.1) is 11.5 Å². The third-order valence-electron chi connectivity index (χ3n) is 3.63. The Balaban J connectivity index is 2.22. The van der Waals surface area contributed by atoms with Crippen LogP contribution in [0.3, 0.4) is 0 Å². The molecule has 2 rings (SSSR count). The number of hydrogen-bond acceptors (Lipinski definition) is 4. The number of rotatable bonds is 8. The van der Waals surface area contributed by atoms with E-state index in [9.17, 15) is 18.3 Å². The van der Waals surface area contributed by atoms with Crippen molar-refractivity contribution >= 4 is 16.0 Å². The fourth-order valence-corrected chi connectivity index (χ4v) is 3.66. The van der Waals surface area contributed by atoms with E-state index in [0.717, 1.165) is 5.56 Å². The molecule has 1 atom stereocenters. The standard InChI is InChI=1S/C18H21NO5S/c1-3-24-17-10-9-15(11-13(17)2)25(22,23)19-16(18(20)21)12-14-7-5-4-6-8-14/h4-11,16,19H,3,12H2,1-2H3,(H,20,21). The number of nitrogens with one attached hydrogen (secondary N) is 1. The lowest BCUT2D eigenvalue weighted by molar-refractivity contribution is -0.138. The van der Waals surface area contributed by atoms with Gasteiger partial charge in [-0.3, -0.25) is 4.79 Å². The number of aryl methyl sites for hydroxylation is 1. The number of carboxylic acids is 1. The van der Waals surface area contributed by atoms with E-state index in [1.54, 1.807) is 37.3 Å². The molecule has 0 fully saturated rings. The van der Waals surface area contributed by atoms with Crippen molar-refractivity contribution in [3.63, 3.8) is 0 Å². The monoisotopic (exact) mass is 363 g/mol. The maximum absolute atomic E-state index is 12.5. The van der Waals surface area contributed by atoms with Gasteiger partial charge in [0.25, 0.3) is 0 Å². The highest BCUT2D eigenvalue weighted by atomic mass is 32.2. The fourth-order valence-electron chi connectivity index (χ4n) is 2.39. The minimum Gasteiger partial charge on any atom is -0.494 e. The highest BCUT2D eigenvalue weighted by molar-refractivity contribution is 7.89. The van der Waals surface area contributed by atoms with Crippen LogP contribution in [0.25, 0.3) is 0 Å². The second-order valence-electron chi connectivity index (χ2n) is 5.56. The van der Waals surface area contributed by atoms with Crippen LogP contribution in [0.5, 0.6) is 5.75 Å². The molecule has 1 unspecified atom stereocenters. The molecule has 0 aliphatic rings. The van der Waals surface area contributed by atoms with Gasteiger partial charge in [0.15, 0.2) is 0 Å². The third kappa shape index (κ3) is 5.04. The predicted molar refractivity (Wildman–Crippen MR) is 94.2 cm³/mol. The number of carbonyl (C=O) groups is 1. The molecule has 0 spiro atoms. The van der Waals surface area contributed by atoms with Crippen LogP contribution in [-0.2, 0) is 21.2 Å². The maximum atomic E-state index is 12.5. The Morgan fingerprint density at radius 3 is 2.44 bits per heavy atom. The first kappa shape index (κ1) is 19.0. The van der Waals surface area contributed by atoms with Crippen LogP contribution >= 0.6 is 0 Å². The predicted octanol–water partition coefficient (Wildman–Crippen LogP) is 2.37. The summed E-state index contributed by atoms with van der Waals surface area (Å²) in [5.41, 5.74) is 1.40. The topological polar surface area (TPSA) is 92.7 Å².